The molecule has 0 spiro atoms. The zero-order valence-corrected chi connectivity index (χ0v) is 13.8. The van der Waals surface area contributed by atoms with Crippen LogP contribution >= 0.6 is 11.3 Å². The van der Waals surface area contributed by atoms with E-state index in [1.807, 2.05) is 11.4 Å². The molecule has 2 rings (SSSR count). The van der Waals surface area contributed by atoms with Crippen LogP contribution in [0.5, 0.6) is 5.75 Å². The zero-order chi connectivity index (χ0) is 17.4. The Kier molecular flexibility index (Phi) is 6.66. The molecule has 3 nitrogen and oxygen atoms in total. The van der Waals surface area contributed by atoms with Crippen LogP contribution in [-0.2, 0) is 17.6 Å². The van der Waals surface area contributed by atoms with E-state index >= 15 is 0 Å². The van der Waals surface area contributed by atoms with Gasteiger partial charge in [-0.05, 0) is 48.4 Å². The average molecular weight is 357 g/mol. The Morgan fingerprint density at radius 3 is 2.50 bits per heavy atom. The summed E-state index contributed by atoms with van der Waals surface area (Å²) in [4.78, 5) is 13.0. The summed E-state index contributed by atoms with van der Waals surface area (Å²) >= 11 is 1.68. The van der Waals surface area contributed by atoms with E-state index < -0.39 is 6.36 Å². The minimum atomic E-state index is -4.68. The van der Waals surface area contributed by atoms with Crippen LogP contribution in [0.2, 0.25) is 0 Å². The summed E-state index contributed by atoms with van der Waals surface area (Å²) in [6, 6.07) is 9.70. The second-order valence-corrected chi connectivity index (χ2v) is 6.26. The minimum absolute atomic E-state index is 0.0106. The lowest BCUT2D eigenvalue weighted by Gasteiger charge is -2.09. The number of rotatable bonds is 8. The number of carbonyl (C=O) groups is 1. The molecule has 2 aromatic rings. The molecule has 7 heteroatoms. The van der Waals surface area contributed by atoms with Crippen molar-refractivity contribution in [2.45, 2.75) is 32.0 Å². The van der Waals surface area contributed by atoms with Gasteiger partial charge >= 0.3 is 6.36 Å². The highest BCUT2D eigenvalue weighted by atomic mass is 32.1. The highest BCUT2D eigenvalue weighted by molar-refractivity contribution is 7.09. The summed E-state index contributed by atoms with van der Waals surface area (Å²) in [5.74, 6) is -0.257. The van der Waals surface area contributed by atoms with Gasteiger partial charge in [0.05, 0.1) is 0 Å². The molecule has 0 bridgehead atoms. The van der Waals surface area contributed by atoms with Gasteiger partial charge in [0.15, 0.2) is 0 Å². The first-order valence-electron chi connectivity index (χ1n) is 7.56. The number of halogens is 3. The lowest BCUT2D eigenvalue weighted by molar-refractivity contribution is -0.274. The third kappa shape index (κ3) is 7.04. The predicted molar refractivity (Wildman–Crippen MR) is 87.1 cm³/mol. The summed E-state index contributed by atoms with van der Waals surface area (Å²) in [7, 11) is 0. The zero-order valence-electron chi connectivity index (χ0n) is 12.9. The van der Waals surface area contributed by atoms with Gasteiger partial charge in [0, 0.05) is 17.8 Å². The maximum absolute atomic E-state index is 12.1. The van der Waals surface area contributed by atoms with Gasteiger partial charge in [-0.15, -0.1) is 24.5 Å². The monoisotopic (exact) mass is 357 g/mol. The molecule has 1 N–H and O–H groups in total. The first kappa shape index (κ1) is 18.3. The standard InChI is InChI=1S/C17H18F3NO2S/c18-17(19,20)23-14-8-6-13(7-9-14)10-11-21-16(22)5-1-3-15-4-2-12-24-15/h2,4,6-9,12H,1,3,5,10-11H2,(H,21,22). The Bertz CT molecular complexity index is 624. The molecule has 0 radical (unpaired) electrons. The molecule has 0 aliphatic rings. The first-order chi connectivity index (χ1) is 11.4. The number of hydrogen-bond donors (Lipinski definition) is 1. The SMILES string of the molecule is O=C(CCCc1cccs1)NCCc1ccc(OC(F)(F)F)cc1. The number of thiophene rings is 1. The van der Waals surface area contributed by atoms with E-state index in [1.165, 1.54) is 17.0 Å². The van der Waals surface area contributed by atoms with Crippen LogP contribution in [0.15, 0.2) is 41.8 Å². The smallest absolute Gasteiger partial charge is 0.406 e. The van der Waals surface area contributed by atoms with E-state index in [0.29, 0.717) is 19.4 Å². The number of ether oxygens (including phenoxy) is 1. The Morgan fingerprint density at radius 1 is 1.12 bits per heavy atom. The van der Waals surface area contributed by atoms with Crippen LogP contribution < -0.4 is 10.1 Å². The fraction of sp³-hybridized carbons (Fsp3) is 0.353. The summed E-state index contributed by atoms with van der Waals surface area (Å²) in [5.41, 5.74) is 0.836. The van der Waals surface area contributed by atoms with Crippen molar-refractivity contribution in [3.8, 4) is 5.75 Å². The topological polar surface area (TPSA) is 38.3 Å². The van der Waals surface area contributed by atoms with Crippen molar-refractivity contribution in [3.63, 3.8) is 0 Å². The molecule has 130 valence electrons. The van der Waals surface area contributed by atoms with Crippen molar-refractivity contribution in [2.24, 2.45) is 0 Å². The van der Waals surface area contributed by atoms with Crippen molar-refractivity contribution in [3.05, 3.63) is 52.2 Å². The highest BCUT2D eigenvalue weighted by Gasteiger charge is 2.30. The minimum Gasteiger partial charge on any atom is -0.406 e. The second kappa shape index (κ2) is 8.73. The average Bonchev–Trinajstić information content (AvgIpc) is 3.01. The third-order valence-electron chi connectivity index (χ3n) is 3.30. The third-order valence-corrected chi connectivity index (χ3v) is 4.24. The molecule has 0 saturated heterocycles. The molecular formula is C17H18F3NO2S. The number of aryl methyl sites for hydroxylation is 1. The van der Waals surface area contributed by atoms with Crippen molar-refractivity contribution >= 4 is 17.2 Å². The largest absolute Gasteiger partial charge is 0.573 e. The summed E-state index contributed by atoms with van der Waals surface area (Å²) in [5, 5.41) is 4.83. The van der Waals surface area contributed by atoms with Crippen molar-refractivity contribution < 1.29 is 22.7 Å². The molecule has 1 aromatic carbocycles. The molecule has 0 unspecified atom stereocenters. The summed E-state index contributed by atoms with van der Waals surface area (Å²) in [6.07, 6.45) is -1.96. The van der Waals surface area contributed by atoms with Gasteiger partial charge in [-0.2, -0.15) is 0 Å². The molecule has 0 aliphatic carbocycles. The van der Waals surface area contributed by atoms with Gasteiger partial charge in [0.1, 0.15) is 5.75 Å². The molecule has 0 fully saturated rings. The van der Waals surface area contributed by atoms with E-state index in [4.69, 9.17) is 0 Å². The lowest BCUT2D eigenvalue weighted by atomic mass is 10.1. The number of nitrogens with one attached hydrogen (secondary N) is 1. The van der Waals surface area contributed by atoms with Gasteiger partial charge in [-0.25, -0.2) is 0 Å². The predicted octanol–water partition coefficient (Wildman–Crippen LogP) is 4.33. The molecule has 0 saturated carbocycles. The van der Waals surface area contributed by atoms with Crippen LogP contribution in [0.1, 0.15) is 23.3 Å². The quantitative estimate of drug-likeness (QED) is 0.764. The van der Waals surface area contributed by atoms with Gasteiger partial charge in [0.25, 0.3) is 0 Å². The second-order valence-electron chi connectivity index (χ2n) is 5.22. The Morgan fingerprint density at radius 2 is 1.88 bits per heavy atom. The molecular weight excluding hydrogens is 339 g/mol. The molecule has 0 atom stereocenters. The van der Waals surface area contributed by atoms with Crippen molar-refractivity contribution in [1.29, 1.82) is 0 Å². The van der Waals surface area contributed by atoms with E-state index in [2.05, 4.69) is 16.1 Å². The van der Waals surface area contributed by atoms with Crippen LogP contribution in [-0.4, -0.2) is 18.8 Å². The normalized spacial score (nSPS) is 11.3. The summed E-state index contributed by atoms with van der Waals surface area (Å²) < 4.78 is 40.0. The Hall–Kier alpha value is -2.02. The molecule has 24 heavy (non-hydrogen) atoms. The van der Waals surface area contributed by atoms with Crippen molar-refractivity contribution in [1.82, 2.24) is 5.32 Å². The molecule has 1 heterocycles. The maximum atomic E-state index is 12.1. The van der Waals surface area contributed by atoms with E-state index in [-0.39, 0.29) is 11.7 Å². The maximum Gasteiger partial charge on any atom is 0.573 e. The van der Waals surface area contributed by atoms with Crippen LogP contribution in [0, 0.1) is 0 Å². The number of benzene rings is 1. The Labute approximate surface area is 142 Å². The fourth-order valence-electron chi connectivity index (χ4n) is 2.17. The van der Waals surface area contributed by atoms with Gasteiger partial charge in [-0.1, -0.05) is 18.2 Å². The molecule has 0 aliphatic heterocycles. The molecule has 1 amide bonds. The lowest BCUT2D eigenvalue weighted by Crippen LogP contribution is -2.25. The molecule has 1 aromatic heterocycles. The van der Waals surface area contributed by atoms with Crippen LogP contribution in [0.3, 0.4) is 0 Å². The van der Waals surface area contributed by atoms with Crippen molar-refractivity contribution in [2.75, 3.05) is 6.54 Å². The Balaban J connectivity index is 1.63. The van der Waals surface area contributed by atoms with E-state index in [0.717, 1.165) is 18.4 Å². The number of hydrogen-bond acceptors (Lipinski definition) is 3. The fourth-order valence-corrected chi connectivity index (χ4v) is 2.92. The number of carbonyl (C=O) groups excluding carboxylic acids is 1. The van der Waals surface area contributed by atoms with E-state index in [1.54, 1.807) is 23.5 Å². The van der Waals surface area contributed by atoms with Gasteiger partial charge < -0.3 is 10.1 Å². The first-order valence-corrected chi connectivity index (χ1v) is 8.44. The van der Waals surface area contributed by atoms with Gasteiger partial charge in [-0.3, -0.25) is 4.79 Å². The van der Waals surface area contributed by atoms with Crippen LogP contribution in [0.25, 0.3) is 0 Å². The number of alkyl halides is 3. The van der Waals surface area contributed by atoms with E-state index in [9.17, 15) is 18.0 Å². The van der Waals surface area contributed by atoms with Crippen LogP contribution in [0.4, 0.5) is 13.2 Å². The van der Waals surface area contributed by atoms with Gasteiger partial charge in [0.2, 0.25) is 5.91 Å². The summed E-state index contributed by atoms with van der Waals surface area (Å²) in [6.45, 7) is 0.456. The number of amides is 1. The highest BCUT2D eigenvalue weighted by Crippen LogP contribution is 2.22.